The molecule has 0 radical (unpaired) electrons. The molecule has 13 N–H and O–H groups in total. The number of β-lactam (4-membered cyclic amide) rings is 5. The number of halogens is 1. The van der Waals surface area contributed by atoms with Gasteiger partial charge in [0, 0.05) is 85.2 Å². The highest BCUT2D eigenvalue weighted by molar-refractivity contribution is 6.62. The summed E-state index contributed by atoms with van der Waals surface area (Å²) < 4.78 is 10.8. The molecule has 10 heterocycles. The first-order valence-corrected chi connectivity index (χ1v) is 49.0. The van der Waals surface area contributed by atoms with Crippen LogP contribution in [0, 0.1) is 5.92 Å². The van der Waals surface area contributed by atoms with E-state index in [1.165, 1.54) is 76.5 Å². The van der Waals surface area contributed by atoms with Gasteiger partial charge in [0.1, 0.15) is 63.1 Å². The number of rotatable bonds is 25. The summed E-state index contributed by atoms with van der Waals surface area (Å²) in [6, 6.07) is 42.8. The van der Waals surface area contributed by atoms with Gasteiger partial charge in [-0.1, -0.05) is 166 Å². The Bertz CT molecular complexity index is 5200. The van der Waals surface area contributed by atoms with Gasteiger partial charge in [-0.2, -0.15) is 0 Å². The summed E-state index contributed by atoms with van der Waals surface area (Å²) >= 11 is 4.64. The van der Waals surface area contributed by atoms with Crippen molar-refractivity contribution < 1.29 is 112 Å². The van der Waals surface area contributed by atoms with E-state index in [2.05, 4.69) is 38.2 Å². The van der Waals surface area contributed by atoms with E-state index in [1.807, 2.05) is 166 Å². The van der Waals surface area contributed by atoms with Gasteiger partial charge in [-0.05, 0) is 186 Å². The highest BCUT2D eigenvalue weighted by Gasteiger charge is 2.67. The van der Waals surface area contributed by atoms with Gasteiger partial charge in [-0.25, -0.2) is 14.4 Å². The Kier molecular flexibility index (Phi) is 39.4. The van der Waals surface area contributed by atoms with Crippen molar-refractivity contribution in [2.45, 2.75) is 300 Å². The molecular formula is C103H144ClN15O23. The molecule has 0 aliphatic carbocycles. The minimum atomic E-state index is -1.30. The zero-order valence-electron chi connectivity index (χ0n) is 84.1. The van der Waals surface area contributed by atoms with Gasteiger partial charge in [0.15, 0.2) is 6.04 Å². The van der Waals surface area contributed by atoms with E-state index in [0.29, 0.717) is 117 Å². The third-order valence-electron chi connectivity index (χ3n) is 26.6. The highest BCUT2D eigenvalue weighted by Crippen LogP contribution is 2.46. The first-order valence-electron chi connectivity index (χ1n) is 48.6. The molecule has 13 amide bonds. The molecule has 5 aromatic rings. The van der Waals surface area contributed by atoms with Crippen LogP contribution in [-0.4, -0.2) is 328 Å². The summed E-state index contributed by atoms with van der Waals surface area (Å²) in [7, 11) is 0. The summed E-state index contributed by atoms with van der Waals surface area (Å²) in [6.45, 7) is 30.5. The first-order chi connectivity index (χ1) is 66.9. The fraction of sp³-hybridized carbons (Fsp3) is 0.563. The van der Waals surface area contributed by atoms with E-state index in [9.17, 15) is 103 Å². The molecule has 5 unspecified atom stereocenters. The Labute approximate surface area is 835 Å². The van der Waals surface area contributed by atoms with Gasteiger partial charge in [-0.15, -0.1) is 0 Å². The molecule has 0 aromatic heterocycles. The second kappa shape index (κ2) is 49.3. The minimum absolute atomic E-state index is 0.0346. The SMILES string of the molecule is CC(=O)Cl.CC(=O)N1CCCC12CN([C@H](C(=O)NCc1ccccc1)[C@@H](C)O)C2=O.CC(C)C(=O)N1CCCC12CN([C@H](C(=O)NCc1ccccc1)[C@@H](C)O)C2=O.C[C@@H](O)[C@@H](C(=O)NCc1ccccc1)N1CC2(CCCN2)C1=O.C[C@@H](O)[C@@H](C(=O)NCc1ccccc1)N1CC2(CCCN2C(=O)OC(C)(C)C)C1=O.C[C@@H](O)[C@@H](C(=O)O)N1CC2(CCCN2C(=O)OC(C)(C)C)C1=O.NCc1ccccc1. The molecule has 15 atom stereocenters. The van der Waals surface area contributed by atoms with Crippen molar-refractivity contribution >= 4 is 100.0 Å². The Hall–Kier alpha value is -12.0. The van der Waals surface area contributed by atoms with Crippen molar-refractivity contribution in [1.29, 1.82) is 0 Å². The summed E-state index contributed by atoms with van der Waals surface area (Å²) in [5, 5.41) is 73.4. The average Bonchev–Trinajstić information content (AvgIpc) is 1.49. The maximum Gasteiger partial charge on any atom is 0.411 e. The maximum absolute atomic E-state index is 13.2. The third kappa shape index (κ3) is 27.1. The van der Waals surface area contributed by atoms with Gasteiger partial charge in [0.2, 0.25) is 46.6 Å². The van der Waals surface area contributed by atoms with Crippen LogP contribution in [0.3, 0.4) is 0 Å². The van der Waals surface area contributed by atoms with Gasteiger partial charge >= 0.3 is 18.2 Å². The number of carboxylic acid groups (broad SMARTS) is 1. The number of hydrogen-bond acceptors (Lipinski definition) is 24. The van der Waals surface area contributed by atoms with E-state index in [4.69, 9.17) is 15.2 Å². The van der Waals surface area contributed by atoms with Crippen LogP contribution in [0.4, 0.5) is 9.59 Å². The first kappa shape index (κ1) is 114. The van der Waals surface area contributed by atoms with Crippen LogP contribution in [0.1, 0.15) is 196 Å². The number of carbonyl (C=O) groups excluding carboxylic acids is 14. The van der Waals surface area contributed by atoms with Gasteiger partial charge in [0.05, 0.1) is 56.7 Å². The monoisotopic (exact) mass is 1990 g/mol. The Morgan fingerprint density at radius 2 is 0.634 bits per heavy atom. The average molecular weight is 2000 g/mol. The molecular weight excluding hydrogens is 1850 g/mol. The summed E-state index contributed by atoms with van der Waals surface area (Å²) in [4.78, 5) is 198. The molecule has 776 valence electrons. The van der Waals surface area contributed by atoms with Gasteiger partial charge in [0.25, 0.3) is 23.6 Å². The molecule has 38 nitrogen and oxygen atoms in total. The number of benzene rings is 5. The molecule has 5 spiro atoms. The molecule has 39 heteroatoms. The predicted octanol–water partition coefficient (Wildman–Crippen LogP) is 5.22. The predicted molar refractivity (Wildman–Crippen MR) is 525 cm³/mol. The Balaban J connectivity index is 0.000000193. The number of carbonyl (C=O) groups is 15. The molecule has 0 bridgehead atoms. The number of aliphatic carboxylic acids is 1. The quantitative estimate of drug-likeness (QED) is 0.0263. The van der Waals surface area contributed by atoms with Crippen molar-refractivity contribution in [2.75, 3.05) is 65.4 Å². The van der Waals surface area contributed by atoms with Crippen LogP contribution >= 0.6 is 11.6 Å². The number of nitrogens with two attached hydrogens (primary N) is 1. The fourth-order valence-corrected chi connectivity index (χ4v) is 19.8. The standard InChI is InChI=1S/C22H31N3O5.C21H29N3O4.C19H25N3O4.C17H23N3O3.C15H24N2O6.C7H9N.C2H3ClO/c1-15(26)17(18(27)23-13-16-9-6-5-7-10-16)24-14-22(19(24)28)11-8-12-25(22)20(29)30-21(2,3)4;1-14(2)19(27)24-11-7-10-21(24)13-23(20(21)28)17(15(3)25)18(26)22-12-16-8-5-4-6-9-16;1-13(23)16(17(25)20-11-15-7-4-3-5-8-15)21-12-19(18(21)26)9-6-10-22(19)14(2)24;1-12(21)14(15(22)18-10-13-6-3-2-4-7-13)20-11-17(16(20)23)8-5-9-19-17;1-9(18)10(11(19)20)16-8-15(12(16)21)6-5-7-17(15)13(22)23-14(2,3)4;8-6-7-4-2-1-3-5-7;1-2(3)4/h5-7,9-10,15,17,26H,8,11-14H2,1-4H3,(H,23,27);4-6,8-9,14-15,17,25H,7,10-13H2,1-3H3,(H,22,26);3-5,7-8,13,16,23H,6,9-12H2,1-2H3,(H,20,25);2-4,6-7,12,14,19,21H,5,8-11H2,1H3,(H,18,22);9-10,18H,5-8H2,1-4H3,(H,19,20);1-5H,6,8H2;1H3/t15-,17+,22?;15-,17+,21?;13-,16+,19?;12-,14+,17?;9-,10+,15?;;/m11111../s1. The lowest BCUT2D eigenvalue weighted by atomic mass is 9.82. The number of hydrogen-bond donors (Lipinski definition) is 12. The molecule has 5 aromatic carbocycles. The van der Waals surface area contributed by atoms with Crippen molar-refractivity contribution in [3.8, 4) is 0 Å². The smallest absolute Gasteiger partial charge is 0.411 e. The summed E-state index contributed by atoms with van der Waals surface area (Å²) in [6.07, 6.45) is 0.678. The Morgan fingerprint density at radius 1 is 0.380 bits per heavy atom. The van der Waals surface area contributed by atoms with E-state index >= 15 is 0 Å². The van der Waals surface area contributed by atoms with E-state index in [1.54, 1.807) is 58.3 Å². The van der Waals surface area contributed by atoms with Crippen LogP contribution in [0.15, 0.2) is 152 Å². The topological polar surface area (TPSA) is 511 Å². The number of nitrogens with zero attached hydrogens (tertiary/aromatic N) is 9. The van der Waals surface area contributed by atoms with Crippen molar-refractivity contribution in [3.63, 3.8) is 0 Å². The Morgan fingerprint density at radius 3 is 0.859 bits per heavy atom. The van der Waals surface area contributed by atoms with Crippen molar-refractivity contribution in [3.05, 3.63) is 179 Å². The maximum atomic E-state index is 13.2. The summed E-state index contributed by atoms with van der Waals surface area (Å²) in [5.74, 6) is -4.42. The van der Waals surface area contributed by atoms with E-state index in [0.717, 1.165) is 59.4 Å². The lowest BCUT2D eigenvalue weighted by molar-refractivity contribution is -0.177. The third-order valence-corrected chi connectivity index (χ3v) is 26.6. The largest absolute Gasteiger partial charge is 0.480 e. The number of likely N-dealkylation sites (tertiary alicyclic amines) is 9. The van der Waals surface area contributed by atoms with E-state index in [-0.39, 0.29) is 77.4 Å². The van der Waals surface area contributed by atoms with Crippen LogP contribution in [0.5, 0.6) is 0 Å². The lowest BCUT2D eigenvalue weighted by Gasteiger charge is -2.54. The molecule has 15 rings (SSSR count). The normalized spacial score (nSPS) is 23.3. The van der Waals surface area contributed by atoms with Crippen molar-refractivity contribution in [1.82, 2.24) is 70.7 Å². The summed E-state index contributed by atoms with van der Waals surface area (Å²) in [5.41, 5.74) is 4.84. The highest BCUT2D eigenvalue weighted by atomic mass is 35.5. The number of ether oxygens (including phenoxy) is 2. The van der Waals surface area contributed by atoms with Gasteiger partial charge in [-0.3, -0.25) is 67.3 Å². The van der Waals surface area contributed by atoms with Crippen LogP contribution < -0.4 is 32.3 Å². The molecule has 10 fully saturated rings. The molecule has 142 heavy (non-hydrogen) atoms. The molecule has 10 aliphatic heterocycles. The van der Waals surface area contributed by atoms with Crippen LogP contribution in [-0.2, 0) is 105 Å². The van der Waals surface area contributed by atoms with Crippen molar-refractivity contribution in [2.24, 2.45) is 11.7 Å². The molecule has 10 aliphatic rings. The number of carboxylic acids is 1. The molecule has 10 saturated heterocycles. The second-order valence-electron chi connectivity index (χ2n) is 40.1. The van der Waals surface area contributed by atoms with Gasteiger partial charge < -0.3 is 107 Å². The minimum Gasteiger partial charge on any atom is -0.480 e. The number of aliphatic hydroxyl groups excluding tert-OH is 5. The second-order valence-corrected chi connectivity index (χ2v) is 40.7. The fourth-order valence-electron chi connectivity index (χ4n) is 19.8. The van der Waals surface area contributed by atoms with E-state index < -0.39 is 130 Å². The zero-order chi connectivity index (χ0) is 105. The number of aliphatic hydroxyl groups is 5. The number of amides is 13. The van der Waals surface area contributed by atoms with Crippen LogP contribution in [0.2, 0.25) is 0 Å². The number of nitrogens with one attached hydrogen (secondary N) is 5. The molecule has 0 saturated carbocycles. The zero-order valence-corrected chi connectivity index (χ0v) is 84.8. The van der Waals surface area contributed by atoms with Crippen LogP contribution in [0.25, 0.3) is 0 Å². The lowest BCUT2D eigenvalue weighted by Crippen LogP contribution is -2.77.